The molecule has 0 fully saturated rings. The first kappa shape index (κ1) is 18.1. The molecule has 1 amide bonds. The van der Waals surface area contributed by atoms with Gasteiger partial charge < -0.3 is 9.84 Å². The molecule has 4 rings (SSSR count). The number of carbonyl (C=O) groups excluding carboxylic acids is 1. The minimum absolute atomic E-state index is 0.256. The molecule has 0 aromatic heterocycles. The van der Waals surface area contributed by atoms with Crippen molar-refractivity contribution in [1.82, 2.24) is 0 Å². The molecule has 1 N–H and O–H groups in total. The third-order valence-electron chi connectivity index (χ3n) is 4.83. The SMILES string of the molecule is COc1ccc(C2=C(O)C(=O)N(c3ccc(Cl)cc3)C2c2ccccc2)cc1. The molecule has 1 unspecified atom stereocenters. The second-order valence-electron chi connectivity index (χ2n) is 6.46. The zero-order valence-electron chi connectivity index (χ0n) is 15.2. The van der Waals surface area contributed by atoms with Crippen LogP contribution in [0.1, 0.15) is 17.2 Å². The lowest BCUT2D eigenvalue weighted by Crippen LogP contribution is -2.30. The minimum Gasteiger partial charge on any atom is -0.503 e. The number of rotatable bonds is 4. The van der Waals surface area contributed by atoms with Crippen LogP contribution in [0.25, 0.3) is 5.57 Å². The van der Waals surface area contributed by atoms with Gasteiger partial charge in [-0.15, -0.1) is 0 Å². The Balaban J connectivity index is 1.87. The Morgan fingerprint density at radius 1 is 0.929 bits per heavy atom. The largest absolute Gasteiger partial charge is 0.503 e. The van der Waals surface area contributed by atoms with Gasteiger partial charge in [0, 0.05) is 16.3 Å². The van der Waals surface area contributed by atoms with E-state index in [2.05, 4.69) is 0 Å². The van der Waals surface area contributed by atoms with Crippen LogP contribution >= 0.6 is 11.6 Å². The zero-order valence-corrected chi connectivity index (χ0v) is 15.9. The van der Waals surface area contributed by atoms with E-state index < -0.39 is 11.9 Å². The summed E-state index contributed by atoms with van der Waals surface area (Å²) in [5, 5.41) is 11.4. The predicted octanol–water partition coefficient (Wildman–Crippen LogP) is 5.41. The minimum atomic E-state index is -0.455. The van der Waals surface area contributed by atoms with Crippen molar-refractivity contribution in [2.24, 2.45) is 0 Å². The number of halogens is 1. The Kier molecular flexibility index (Phi) is 4.80. The Morgan fingerprint density at radius 3 is 2.18 bits per heavy atom. The van der Waals surface area contributed by atoms with Crippen LogP contribution in [0.5, 0.6) is 5.75 Å². The van der Waals surface area contributed by atoms with E-state index in [1.54, 1.807) is 36.3 Å². The van der Waals surface area contributed by atoms with Gasteiger partial charge in [-0.2, -0.15) is 0 Å². The molecule has 4 nitrogen and oxygen atoms in total. The van der Waals surface area contributed by atoms with Crippen molar-refractivity contribution in [1.29, 1.82) is 0 Å². The summed E-state index contributed by atoms with van der Waals surface area (Å²) in [6.07, 6.45) is 0. The first-order valence-electron chi connectivity index (χ1n) is 8.82. The fraction of sp³-hybridized carbons (Fsp3) is 0.0870. The van der Waals surface area contributed by atoms with Crippen LogP contribution < -0.4 is 9.64 Å². The summed E-state index contributed by atoms with van der Waals surface area (Å²) in [6, 6.07) is 23.5. The monoisotopic (exact) mass is 391 g/mol. The van der Waals surface area contributed by atoms with Gasteiger partial charge >= 0.3 is 0 Å². The average molecular weight is 392 g/mol. The van der Waals surface area contributed by atoms with E-state index in [1.165, 1.54) is 0 Å². The number of ether oxygens (including phenoxy) is 1. The molecule has 0 aliphatic carbocycles. The summed E-state index contributed by atoms with van der Waals surface area (Å²) < 4.78 is 5.22. The number of aliphatic hydroxyl groups is 1. The van der Waals surface area contributed by atoms with Gasteiger partial charge in [0.2, 0.25) is 0 Å². The highest BCUT2D eigenvalue weighted by Gasteiger charge is 2.41. The van der Waals surface area contributed by atoms with E-state index in [0.717, 1.165) is 11.1 Å². The smallest absolute Gasteiger partial charge is 0.294 e. The lowest BCUT2D eigenvalue weighted by atomic mass is 9.93. The molecule has 140 valence electrons. The van der Waals surface area contributed by atoms with Crippen molar-refractivity contribution in [2.75, 3.05) is 12.0 Å². The third-order valence-corrected chi connectivity index (χ3v) is 5.08. The summed E-state index contributed by atoms with van der Waals surface area (Å²) in [6.45, 7) is 0. The summed E-state index contributed by atoms with van der Waals surface area (Å²) in [5.41, 5.74) is 2.89. The van der Waals surface area contributed by atoms with E-state index in [-0.39, 0.29) is 5.76 Å². The second kappa shape index (κ2) is 7.41. The summed E-state index contributed by atoms with van der Waals surface area (Å²) in [4.78, 5) is 14.6. The van der Waals surface area contributed by atoms with E-state index in [9.17, 15) is 9.90 Å². The molecule has 0 saturated heterocycles. The summed E-state index contributed by atoms with van der Waals surface area (Å²) in [5.74, 6) is 0.00921. The van der Waals surface area contributed by atoms with Crippen molar-refractivity contribution >= 4 is 28.8 Å². The third kappa shape index (κ3) is 3.12. The number of aliphatic hydroxyl groups excluding tert-OH is 1. The van der Waals surface area contributed by atoms with Gasteiger partial charge in [0.15, 0.2) is 5.76 Å². The van der Waals surface area contributed by atoms with E-state index in [4.69, 9.17) is 16.3 Å². The van der Waals surface area contributed by atoms with Gasteiger partial charge in [-0.3, -0.25) is 9.69 Å². The van der Waals surface area contributed by atoms with Crippen molar-refractivity contribution in [3.05, 3.63) is 101 Å². The Hall–Kier alpha value is -3.24. The van der Waals surface area contributed by atoms with Crippen molar-refractivity contribution in [3.8, 4) is 5.75 Å². The molecule has 0 bridgehead atoms. The zero-order chi connectivity index (χ0) is 19.7. The second-order valence-corrected chi connectivity index (χ2v) is 6.89. The number of anilines is 1. The molecule has 1 heterocycles. The fourth-order valence-corrected chi connectivity index (χ4v) is 3.62. The van der Waals surface area contributed by atoms with Crippen molar-refractivity contribution in [2.45, 2.75) is 6.04 Å². The normalized spacial score (nSPS) is 16.6. The maximum Gasteiger partial charge on any atom is 0.294 e. The predicted molar refractivity (Wildman–Crippen MR) is 111 cm³/mol. The van der Waals surface area contributed by atoms with Crippen molar-refractivity contribution in [3.63, 3.8) is 0 Å². The highest BCUT2D eigenvalue weighted by Crippen LogP contribution is 2.45. The highest BCUT2D eigenvalue weighted by molar-refractivity contribution is 6.30. The number of hydrogen-bond acceptors (Lipinski definition) is 3. The molecule has 1 atom stereocenters. The Labute approximate surface area is 168 Å². The lowest BCUT2D eigenvalue weighted by molar-refractivity contribution is -0.117. The average Bonchev–Trinajstić information content (AvgIpc) is 3.00. The molecule has 1 aliphatic rings. The van der Waals surface area contributed by atoms with Crippen LogP contribution in [0.4, 0.5) is 5.69 Å². The number of carbonyl (C=O) groups is 1. The van der Waals surface area contributed by atoms with Gasteiger partial charge in [0.05, 0.1) is 13.2 Å². The molecule has 5 heteroatoms. The quantitative estimate of drug-likeness (QED) is 0.647. The van der Waals surface area contributed by atoms with E-state index in [1.807, 2.05) is 54.6 Å². The summed E-state index contributed by atoms with van der Waals surface area (Å²) in [7, 11) is 1.60. The van der Waals surface area contributed by atoms with Gasteiger partial charge in [0.1, 0.15) is 5.75 Å². The molecule has 28 heavy (non-hydrogen) atoms. The lowest BCUT2D eigenvalue weighted by Gasteiger charge is -2.27. The number of nitrogens with zero attached hydrogens (tertiary/aromatic N) is 1. The van der Waals surface area contributed by atoms with E-state index in [0.29, 0.717) is 22.0 Å². The maximum absolute atomic E-state index is 13.0. The highest BCUT2D eigenvalue weighted by atomic mass is 35.5. The van der Waals surface area contributed by atoms with E-state index >= 15 is 0 Å². The topological polar surface area (TPSA) is 49.8 Å². The summed E-state index contributed by atoms with van der Waals surface area (Å²) >= 11 is 6.01. The molecule has 0 spiro atoms. The molecule has 0 radical (unpaired) electrons. The number of hydrogen-bond donors (Lipinski definition) is 1. The van der Waals surface area contributed by atoms with Crippen LogP contribution in [-0.4, -0.2) is 18.1 Å². The van der Waals surface area contributed by atoms with Crippen LogP contribution in [-0.2, 0) is 4.79 Å². The molecular weight excluding hydrogens is 374 g/mol. The number of benzene rings is 3. The maximum atomic E-state index is 13.0. The van der Waals surface area contributed by atoms with Crippen LogP contribution in [0, 0.1) is 0 Å². The molecule has 3 aromatic carbocycles. The van der Waals surface area contributed by atoms with Gasteiger partial charge in [-0.1, -0.05) is 54.1 Å². The van der Waals surface area contributed by atoms with Gasteiger partial charge in [-0.05, 0) is 47.5 Å². The first-order valence-corrected chi connectivity index (χ1v) is 9.19. The molecular formula is C23H18ClNO3. The standard InChI is InChI=1S/C23H18ClNO3/c1-28-19-13-7-15(8-14-19)20-21(16-5-3-2-4-6-16)25(23(27)22(20)26)18-11-9-17(24)10-12-18/h2-14,21,26H,1H3. The van der Waals surface area contributed by atoms with Gasteiger partial charge in [-0.25, -0.2) is 0 Å². The fourth-order valence-electron chi connectivity index (χ4n) is 3.49. The number of methoxy groups -OCH3 is 1. The Bertz CT molecular complexity index is 1030. The van der Waals surface area contributed by atoms with Crippen LogP contribution in [0.15, 0.2) is 84.6 Å². The molecule has 3 aromatic rings. The van der Waals surface area contributed by atoms with Crippen LogP contribution in [0.2, 0.25) is 5.02 Å². The van der Waals surface area contributed by atoms with Crippen LogP contribution in [0.3, 0.4) is 0 Å². The molecule has 0 saturated carbocycles. The Morgan fingerprint density at radius 2 is 1.57 bits per heavy atom. The van der Waals surface area contributed by atoms with Crippen molar-refractivity contribution < 1.29 is 14.6 Å². The number of amides is 1. The van der Waals surface area contributed by atoms with Gasteiger partial charge in [0.25, 0.3) is 5.91 Å². The first-order chi connectivity index (χ1) is 13.6. The molecule has 1 aliphatic heterocycles.